The minimum atomic E-state index is -2.19. The van der Waals surface area contributed by atoms with Crippen LogP contribution >= 0.6 is 0 Å². The van der Waals surface area contributed by atoms with Gasteiger partial charge in [-0.25, -0.2) is 14.4 Å². The minimum Gasteiger partial charge on any atom is -0.491 e. The number of carbonyl (C=O) groups is 4. The van der Waals surface area contributed by atoms with Crippen LogP contribution in [0.4, 0.5) is 16.2 Å². The van der Waals surface area contributed by atoms with Gasteiger partial charge < -0.3 is 33.7 Å². The van der Waals surface area contributed by atoms with Gasteiger partial charge in [0.25, 0.3) is 5.69 Å². The van der Waals surface area contributed by atoms with Crippen molar-refractivity contribution in [3.63, 3.8) is 0 Å². The van der Waals surface area contributed by atoms with E-state index in [1.807, 2.05) is 108 Å². The first kappa shape index (κ1) is 53.4. The Morgan fingerprint density at radius 2 is 1.49 bits per heavy atom. The van der Waals surface area contributed by atoms with Gasteiger partial charge in [-0.3, -0.25) is 34.3 Å². The molecule has 13 rings (SSSR count). The lowest BCUT2D eigenvalue weighted by Crippen LogP contribution is -2.59. The summed E-state index contributed by atoms with van der Waals surface area (Å²) in [6, 6.07) is 45.8. The lowest BCUT2D eigenvalue weighted by atomic mass is 9.64. The fraction of sp³-hybridized carbons (Fsp3) is 0.250. The van der Waals surface area contributed by atoms with E-state index in [4.69, 9.17) is 23.7 Å². The molecule has 8 aromatic rings. The molecule has 3 fully saturated rings. The molecule has 84 heavy (non-hydrogen) atoms. The van der Waals surface area contributed by atoms with Crippen molar-refractivity contribution in [2.24, 2.45) is 5.92 Å². The number of morpholine rings is 1. The maximum atomic E-state index is 17.1. The second kappa shape index (κ2) is 22.4. The third-order valence-electron chi connectivity index (χ3n) is 16.4. The first-order valence-corrected chi connectivity index (χ1v) is 27.6. The summed E-state index contributed by atoms with van der Waals surface area (Å²) in [6.45, 7) is 1.17. The Kier molecular flexibility index (Phi) is 14.3. The number of hydrogen-bond acceptors (Lipinski definition) is 16. The van der Waals surface area contributed by atoms with E-state index in [2.05, 4.69) is 27.1 Å². The van der Waals surface area contributed by atoms with E-state index < -0.39 is 64.4 Å². The lowest BCUT2D eigenvalue weighted by Gasteiger charge is -2.46. The number of aliphatic hydroxyl groups is 1. The van der Waals surface area contributed by atoms with Crippen LogP contribution in [0.25, 0.3) is 11.0 Å². The Morgan fingerprint density at radius 3 is 2.26 bits per heavy atom. The summed E-state index contributed by atoms with van der Waals surface area (Å²) in [4.78, 5) is 82.7. The van der Waals surface area contributed by atoms with Gasteiger partial charge in [-0.2, -0.15) is 0 Å². The Bertz CT molecular complexity index is 3920. The van der Waals surface area contributed by atoms with Gasteiger partial charge >= 0.3 is 12.1 Å². The van der Waals surface area contributed by atoms with Gasteiger partial charge in [0.1, 0.15) is 48.6 Å². The number of imide groups is 1. The summed E-state index contributed by atoms with van der Waals surface area (Å²) >= 11 is 0. The quantitative estimate of drug-likeness (QED) is 0.0503. The van der Waals surface area contributed by atoms with Crippen molar-refractivity contribution in [1.29, 1.82) is 0 Å². The van der Waals surface area contributed by atoms with Gasteiger partial charge in [-0.15, -0.1) is 5.10 Å². The van der Waals surface area contributed by atoms with Crippen LogP contribution in [-0.2, 0) is 49.0 Å². The van der Waals surface area contributed by atoms with E-state index in [1.165, 1.54) is 24.3 Å². The molecule has 422 valence electrons. The van der Waals surface area contributed by atoms with Crippen molar-refractivity contribution in [1.82, 2.24) is 29.7 Å². The number of rotatable bonds is 13. The van der Waals surface area contributed by atoms with Crippen molar-refractivity contribution < 1.29 is 52.9 Å². The number of amides is 3. The normalized spacial score (nSPS) is 21.6. The van der Waals surface area contributed by atoms with E-state index in [1.54, 1.807) is 52.0 Å². The Balaban J connectivity index is 1.00. The highest BCUT2D eigenvalue weighted by Gasteiger charge is 2.76. The minimum absolute atomic E-state index is 0.0794. The van der Waals surface area contributed by atoms with Gasteiger partial charge in [-0.05, 0) is 88.5 Å². The fourth-order valence-corrected chi connectivity index (χ4v) is 12.7. The van der Waals surface area contributed by atoms with Crippen molar-refractivity contribution in [3.05, 3.63) is 219 Å². The van der Waals surface area contributed by atoms with Gasteiger partial charge in [-0.1, -0.05) is 114 Å². The predicted molar refractivity (Wildman–Crippen MR) is 303 cm³/mol. The highest BCUT2D eigenvalue weighted by atomic mass is 16.7. The molecule has 0 bridgehead atoms. The molecule has 6 atom stereocenters. The summed E-state index contributed by atoms with van der Waals surface area (Å²) in [6.07, 6.45) is -2.10. The number of ether oxygens (including phenoxy) is 5. The second-order valence-corrected chi connectivity index (χ2v) is 21.1. The van der Waals surface area contributed by atoms with Crippen molar-refractivity contribution in [2.75, 3.05) is 51.1 Å². The average Bonchev–Trinajstić information content (AvgIpc) is 1.52. The third-order valence-corrected chi connectivity index (χ3v) is 16.4. The highest BCUT2D eigenvalue weighted by molar-refractivity contribution is 6.23. The lowest BCUT2D eigenvalue weighted by molar-refractivity contribution is -0.384. The van der Waals surface area contributed by atoms with Gasteiger partial charge in [0.15, 0.2) is 11.5 Å². The largest absolute Gasteiger partial charge is 0.491 e. The van der Waals surface area contributed by atoms with Crippen LogP contribution in [0.5, 0.6) is 17.2 Å². The van der Waals surface area contributed by atoms with E-state index >= 15 is 19.2 Å². The maximum Gasteiger partial charge on any atom is 0.421 e. The second-order valence-electron chi connectivity index (χ2n) is 21.1. The molecular formula is C64H54N8O12. The third kappa shape index (κ3) is 9.47. The van der Waals surface area contributed by atoms with Crippen LogP contribution < -0.4 is 19.1 Å². The predicted octanol–water partition coefficient (Wildman–Crippen LogP) is 7.84. The molecular weight excluding hydrogens is 1070 g/mol. The summed E-state index contributed by atoms with van der Waals surface area (Å²) in [5.74, 6) is 4.31. The number of hydrogen-bond donors (Lipinski definition) is 1. The number of nitrogens with zero attached hydrogens (tertiary/aromatic N) is 8. The first-order valence-electron chi connectivity index (χ1n) is 27.6. The van der Waals surface area contributed by atoms with Crippen LogP contribution in [0.15, 0.2) is 170 Å². The molecule has 6 heterocycles. The molecule has 1 aromatic heterocycles. The van der Waals surface area contributed by atoms with Crippen molar-refractivity contribution >= 4 is 46.3 Å². The summed E-state index contributed by atoms with van der Waals surface area (Å²) in [7, 11) is 0. The molecule has 1 spiro atoms. The van der Waals surface area contributed by atoms with Crippen LogP contribution in [0, 0.1) is 27.9 Å². The Hall–Kier alpha value is -9.94. The molecule has 3 saturated heterocycles. The molecule has 20 heteroatoms. The summed E-state index contributed by atoms with van der Waals surface area (Å²) in [5, 5.41) is 30.5. The van der Waals surface area contributed by atoms with Crippen LogP contribution in [0.1, 0.15) is 57.1 Å². The molecule has 7 aromatic carbocycles. The number of esters is 1. The topological polar surface area (TPSA) is 221 Å². The zero-order valence-electron chi connectivity index (χ0n) is 45.1. The zero-order valence-corrected chi connectivity index (χ0v) is 45.1. The van der Waals surface area contributed by atoms with Gasteiger partial charge in [0, 0.05) is 56.0 Å². The first-order chi connectivity index (χ1) is 41.1. The van der Waals surface area contributed by atoms with Crippen LogP contribution in [0.2, 0.25) is 0 Å². The monoisotopic (exact) mass is 1130 g/mol. The number of benzene rings is 7. The van der Waals surface area contributed by atoms with Crippen LogP contribution in [-0.4, -0.2) is 116 Å². The van der Waals surface area contributed by atoms with E-state index in [-0.39, 0.29) is 68.9 Å². The fourth-order valence-electron chi connectivity index (χ4n) is 12.7. The number of carbonyl (C=O) groups excluding carboxylic acids is 4. The molecule has 5 aliphatic heterocycles. The Labute approximate surface area is 481 Å². The smallest absolute Gasteiger partial charge is 0.421 e. The standard InChI is InChI=1S/C64H54N8O12/c73-34-35-80-52-20-10-7-17-47(52)59-64(48-36-41(12-11-29-69-51-19-9-8-18-49(51)65-66-69)23-27-50(48)70(62(64)76)63(77)81-39-42-21-25-46(26-22-42)72(78)79)55(60(74)68-32-30-67(31-33-68)38-43-24-28-53-54(37-43)83-40-82-53)57-61(75)84-58(45-15-5-2-6-16-45)56(71(57)59)44-13-3-1-4-14-44/h1-10,13-28,36-37,55-59,73H,29-35,38-40H2. The maximum absolute atomic E-state index is 17.1. The molecule has 0 radical (unpaired) electrons. The Morgan fingerprint density at radius 1 is 0.774 bits per heavy atom. The molecule has 20 nitrogen and oxygen atoms in total. The van der Waals surface area contributed by atoms with Gasteiger partial charge in [0.2, 0.25) is 18.6 Å². The molecule has 5 aliphatic rings. The molecule has 0 aliphatic carbocycles. The zero-order chi connectivity index (χ0) is 57.5. The van der Waals surface area contributed by atoms with E-state index in [0.29, 0.717) is 64.5 Å². The van der Waals surface area contributed by atoms with E-state index in [9.17, 15) is 15.2 Å². The molecule has 0 saturated carbocycles. The highest BCUT2D eigenvalue weighted by Crippen LogP contribution is 2.67. The number of anilines is 1. The number of aromatic nitrogens is 3. The number of cyclic esters (lactones) is 1. The number of aliphatic hydroxyl groups excluding tert-OH is 1. The van der Waals surface area contributed by atoms with E-state index in [0.717, 1.165) is 16.0 Å². The van der Waals surface area contributed by atoms with Crippen molar-refractivity contribution in [3.8, 4) is 29.1 Å². The number of non-ortho nitro benzene ring substituents is 1. The summed E-state index contributed by atoms with van der Waals surface area (Å²) in [5.41, 5.74) is 2.93. The number of nitro groups is 1. The number of nitro benzene ring substituents is 1. The van der Waals surface area contributed by atoms with Gasteiger partial charge in [0.05, 0.1) is 40.7 Å². The number of fused-ring (bicyclic) bond motifs is 5. The number of para-hydroxylation sites is 2. The average molecular weight is 1130 g/mol. The molecule has 3 amide bonds. The van der Waals surface area contributed by atoms with Crippen LogP contribution in [0.3, 0.4) is 0 Å². The van der Waals surface area contributed by atoms with Crippen molar-refractivity contribution in [2.45, 2.75) is 49.3 Å². The summed E-state index contributed by atoms with van der Waals surface area (Å²) < 4.78 is 32.1. The molecule has 6 unspecified atom stereocenters. The SMILES string of the molecule is O=C1OC(c2ccccc2)C(c2ccccc2)N2C1C(C(=O)N1CCN(Cc3ccc4c(c3)OCO4)CC1)C1(C(=O)N(C(=O)OCc3ccc([N+](=O)[O-])cc3)c3ccc(C#CCn4nnc5ccccc54)cc31)C2c1ccccc1OCCO. The molecule has 1 N–H and O–H groups in total. The number of piperazine rings is 1.